The molecule has 6 heteroatoms. The summed E-state index contributed by atoms with van der Waals surface area (Å²) in [4.78, 5) is 3.99. The lowest BCUT2D eigenvalue weighted by molar-refractivity contribution is 0.413. The molecule has 0 unspecified atom stereocenters. The second kappa shape index (κ2) is 6.97. The number of aromatic nitrogens is 1. The number of sulfonamides is 1. The molecule has 0 aliphatic carbocycles. The second-order valence-electron chi connectivity index (χ2n) is 4.42. The molecule has 0 bridgehead atoms. The summed E-state index contributed by atoms with van der Waals surface area (Å²) in [7, 11) is -3.65. The van der Waals surface area contributed by atoms with E-state index < -0.39 is 10.0 Å². The molecule has 0 amide bonds. The zero-order valence-corrected chi connectivity index (χ0v) is 12.2. The second-order valence-corrected chi connectivity index (χ2v) is 6.36. The van der Waals surface area contributed by atoms with Crippen LogP contribution in [0.3, 0.4) is 0 Å². The van der Waals surface area contributed by atoms with Gasteiger partial charge in [-0.1, -0.05) is 30.3 Å². The first-order valence-corrected chi connectivity index (χ1v) is 7.89. The number of pyridine rings is 1. The van der Waals surface area contributed by atoms with Crippen molar-refractivity contribution in [1.82, 2.24) is 9.29 Å². The molecule has 1 aromatic carbocycles. The maximum atomic E-state index is 12.6. The van der Waals surface area contributed by atoms with Crippen LogP contribution in [0.15, 0.2) is 59.8 Å². The Kier molecular flexibility index (Phi) is 5.04. The van der Waals surface area contributed by atoms with Crippen LogP contribution in [0.5, 0.6) is 0 Å². The molecule has 108 valence electrons. The topological polar surface area (TPSA) is 74.1 Å². The Morgan fingerprint density at radius 3 is 2.52 bits per heavy atom. The predicted molar refractivity (Wildman–Crippen MR) is 78.5 cm³/mol. The van der Waals surface area contributed by atoms with Crippen molar-refractivity contribution in [2.75, 3.05) is 6.54 Å². The minimum absolute atomic E-state index is 0.138. The lowest BCUT2D eigenvalue weighted by Gasteiger charge is -2.21. The molecule has 0 spiro atoms. The van der Waals surface area contributed by atoms with E-state index in [9.17, 15) is 8.42 Å². The van der Waals surface area contributed by atoms with Gasteiger partial charge in [0.1, 0.15) is 4.90 Å². The van der Waals surface area contributed by atoms with Gasteiger partial charge in [0, 0.05) is 31.9 Å². The smallest absolute Gasteiger partial charge is 0.244 e. The fraction of sp³-hybridized carbons (Fsp3) is 0.200. The van der Waals surface area contributed by atoms with E-state index in [-0.39, 0.29) is 24.4 Å². The number of rotatable bonds is 6. The number of benzene rings is 1. The summed E-state index contributed by atoms with van der Waals surface area (Å²) >= 11 is 0. The fourth-order valence-corrected chi connectivity index (χ4v) is 3.29. The molecule has 1 heterocycles. The van der Waals surface area contributed by atoms with Crippen molar-refractivity contribution in [3.05, 3.63) is 60.4 Å². The first-order valence-electron chi connectivity index (χ1n) is 6.45. The SMILES string of the molecule is N#CCCN(Cc1ccccc1)S(=O)(=O)c1cccnc1. The van der Waals surface area contributed by atoms with Crippen LogP contribution in [0.1, 0.15) is 12.0 Å². The third-order valence-electron chi connectivity index (χ3n) is 2.95. The molecule has 2 rings (SSSR count). The van der Waals surface area contributed by atoms with Gasteiger partial charge in [0.15, 0.2) is 0 Å². The van der Waals surface area contributed by atoms with Gasteiger partial charge in [0.05, 0.1) is 6.07 Å². The van der Waals surface area contributed by atoms with Crippen LogP contribution < -0.4 is 0 Å². The number of nitriles is 1. The van der Waals surface area contributed by atoms with E-state index in [1.54, 1.807) is 6.07 Å². The van der Waals surface area contributed by atoms with Gasteiger partial charge in [-0.2, -0.15) is 9.57 Å². The third-order valence-corrected chi connectivity index (χ3v) is 4.78. The van der Waals surface area contributed by atoms with Gasteiger partial charge in [-0.15, -0.1) is 0 Å². The van der Waals surface area contributed by atoms with Gasteiger partial charge in [-0.05, 0) is 17.7 Å². The van der Waals surface area contributed by atoms with Crippen molar-refractivity contribution in [3.63, 3.8) is 0 Å². The highest BCUT2D eigenvalue weighted by Gasteiger charge is 2.24. The number of hydrogen-bond acceptors (Lipinski definition) is 4. The van der Waals surface area contributed by atoms with Gasteiger partial charge < -0.3 is 0 Å². The molecular formula is C15H15N3O2S. The summed E-state index contributed by atoms with van der Waals surface area (Å²) in [5, 5.41) is 8.73. The van der Waals surface area contributed by atoms with Gasteiger partial charge in [-0.3, -0.25) is 4.98 Å². The summed E-state index contributed by atoms with van der Waals surface area (Å²) in [6.07, 6.45) is 2.99. The largest absolute Gasteiger partial charge is 0.263 e. The monoisotopic (exact) mass is 301 g/mol. The molecule has 21 heavy (non-hydrogen) atoms. The summed E-state index contributed by atoms with van der Waals surface area (Å²) in [6, 6.07) is 14.4. The molecule has 0 saturated carbocycles. The lowest BCUT2D eigenvalue weighted by atomic mass is 10.2. The molecule has 0 atom stereocenters. The highest BCUT2D eigenvalue weighted by Crippen LogP contribution is 2.17. The van der Waals surface area contributed by atoms with Crippen molar-refractivity contribution in [1.29, 1.82) is 5.26 Å². The average molecular weight is 301 g/mol. The molecule has 0 N–H and O–H groups in total. The summed E-state index contributed by atoms with van der Waals surface area (Å²) in [5.74, 6) is 0. The zero-order valence-electron chi connectivity index (χ0n) is 11.4. The van der Waals surface area contributed by atoms with Gasteiger partial charge in [0.25, 0.3) is 0 Å². The minimum atomic E-state index is -3.65. The molecular weight excluding hydrogens is 286 g/mol. The average Bonchev–Trinajstić information content (AvgIpc) is 2.53. The standard InChI is InChI=1S/C15H15N3O2S/c16-9-5-11-18(13-14-6-2-1-3-7-14)21(19,20)15-8-4-10-17-12-15/h1-4,6-8,10,12H,5,11,13H2. The summed E-state index contributed by atoms with van der Waals surface area (Å²) in [5.41, 5.74) is 0.878. The molecule has 0 aliphatic heterocycles. The van der Waals surface area contributed by atoms with E-state index in [0.717, 1.165) is 5.56 Å². The van der Waals surface area contributed by atoms with E-state index in [1.807, 2.05) is 36.4 Å². The third kappa shape index (κ3) is 3.88. The maximum Gasteiger partial charge on any atom is 0.244 e. The summed E-state index contributed by atoms with van der Waals surface area (Å²) in [6.45, 7) is 0.391. The van der Waals surface area contributed by atoms with Gasteiger partial charge in [-0.25, -0.2) is 8.42 Å². The van der Waals surface area contributed by atoms with E-state index in [0.29, 0.717) is 0 Å². The van der Waals surface area contributed by atoms with E-state index in [1.165, 1.54) is 22.8 Å². The molecule has 0 aliphatic rings. The Balaban J connectivity index is 2.30. The maximum absolute atomic E-state index is 12.6. The van der Waals surface area contributed by atoms with Crippen molar-refractivity contribution < 1.29 is 8.42 Å². The lowest BCUT2D eigenvalue weighted by Crippen LogP contribution is -2.31. The normalized spacial score (nSPS) is 11.2. The molecule has 0 radical (unpaired) electrons. The van der Waals surface area contributed by atoms with Crippen molar-refractivity contribution in [3.8, 4) is 6.07 Å². The Morgan fingerprint density at radius 2 is 1.90 bits per heavy atom. The van der Waals surface area contributed by atoms with Crippen LogP contribution in [-0.2, 0) is 16.6 Å². The van der Waals surface area contributed by atoms with Crippen LogP contribution >= 0.6 is 0 Å². The van der Waals surface area contributed by atoms with E-state index in [4.69, 9.17) is 5.26 Å². The van der Waals surface area contributed by atoms with Gasteiger partial charge >= 0.3 is 0 Å². The zero-order chi connectivity index (χ0) is 15.1. The Morgan fingerprint density at radius 1 is 1.14 bits per heavy atom. The Hall–Kier alpha value is -2.23. The van der Waals surface area contributed by atoms with Crippen LogP contribution in [-0.4, -0.2) is 24.3 Å². The number of nitrogens with zero attached hydrogens (tertiary/aromatic N) is 3. The van der Waals surface area contributed by atoms with Gasteiger partial charge in [0.2, 0.25) is 10.0 Å². The highest BCUT2D eigenvalue weighted by atomic mass is 32.2. The first kappa shape index (κ1) is 15.2. The molecule has 2 aromatic rings. The van der Waals surface area contributed by atoms with E-state index in [2.05, 4.69) is 4.98 Å². The Bertz CT molecular complexity index is 710. The van der Waals surface area contributed by atoms with Crippen molar-refractivity contribution >= 4 is 10.0 Å². The molecule has 1 aromatic heterocycles. The highest BCUT2D eigenvalue weighted by molar-refractivity contribution is 7.89. The van der Waals surface area contributed by atoms with Crippen LogP contribution in [0.2, 0.25) is 0 Å². The van der Waals surface area contributed by atoms with E-state index >= 15 is 0 Å². The van der Waals surface area contributed by atoms with Crippen LogP contribution in [0, 0.1) is 11.3 Å². The minimum Gasteiger partial charge on any atom is -0.263 e. The van der Waals surface area contributed by atoms with Crippen molar-refractivity contribution in [2.45, 2.75) is 17.9 Å². The van der Waals surface area contributed by atoms with Crippen molar-refractivity contribution in [2.24, 2.45) is 0 Å². The Labute approximate surface area is 124 Å². The number of hydrogen-bond donors (Lipinski definition) is 0. The predicted octanol–water partition coefficient (Wildman–Crippen LogP) is 2.19. The quantitative estimate of drug-likeness (QED) is 0.819. The first-order chi connectivity index (χ1) is 10.1. The summed E-state index contributed by atoms with van der Waals surface area (Å²) < 4.78 is 26.5. The molecule has 5 nitrogen and oxygen atoms in total. The molecule has 0 saturated heterocycles. The van der Waals surface area contributed by atoms with Crippen LogP contribution in [0.25, 0.3) is 0 Å². The fourth-order valence-electron chi connectivity index (χ4n) is 1.89. The van der Waals surface area contributed by atoms with Crippen LogP contribution in [0.4, 0.5) is 0 Å². The molecule has 0 fully saturated rings.